The van der Waals surface area contributed by atoms with Crippen molar-refractivity contribution < 1.29 is 4.79 Å². The van der Waals surface area contributed by atoms with Crippen LogP contribution in [0.1, 0.15) is 0 Å². The molecule has 0 saturated carbocycles. The standard InChI is InChI=1S/C20H27N7OS.HI/c21-19(26-11-13-27(14-12-26)20-22-6-15-29-20)23-16-18(28)25-9-7-24(8-10-25)17-4-2-1-3-5-17;/h1-6,15H,7-14,16H2,(H2,21,23);1H. The summed E-state index contributed by atoms with van der Waals surface area (Å²) in [4.78, 5) is 29.8. The molecule has 2 saturated heterocycles. The van der Waals surface area contributed by atoms with E-state index >= 15 is 0 Å². The second kappa shape index (κ2) is 10.8. The summed E-state index contributed by atoms with van der Waals surface area (Å²) in [5.41, 5.74) is 7.36. The summed E-state index contributed by atoms with van der Waals surface area (Å²) in [6.45, 7) is 6.53. The number of hydrogen-bond acceptors (Lipinski definition) is 6. The molecule has 1 aromatic heterocycles. The van der Waals surface area contributed by atoms with Crippen molar-refractivity contribution >= 4 is 58.0 Å². The number of para-hydroxylation sites is 1. The number of anilines is 2. The maximum atomic E-state index is 12.5. The first-order chi connectivity index (χ1) is 14.2. The van der Waals surface area contributed by atoms with Crippen LogP contribution < -0.4 is 15.5 Å². The summed E-state index contributed by atoms with van der Waals surface area (Å²) >= 11 is 1.65. The van der Waals surface area contributed by atoms with E-state index in [0.29, 0.717) is 5.96 Å². The number of halogens is 1. The van der Waals surface area contributed by atoms with Crippen molar-refractivity contribution in [2.75, 3.05) is 68.7 Å². The minimum absolute atomic E-state index is 0. The number of nitrogens with zero attached hydrogens (tertiary/aromatic N) is 6. The van der Waals surface area contributed by atoms with Gasteiger partial charge in [-0.05, 0) is 12.1 Å². The number of rotatable bonds is 4. The molecule has 0 radical (unpaired) electrons. The van der Waals surface area contributed by atoms with Gasteiger partial charge in [-0.25, -0.2) is 9.98 Å². The van der Waals surface area contributed by atoms with Gasteiger partial charge in [-0.2, -0.15) is 0 Å². The zero-order valence-corrected chi connectivity index (χ0v) is 20.0. The molecule has 2 fully saturated rings. The number of piperazine rings is 2. The number of aliphatic imine (C=N–C) groups is 1. The summed E-state index contributed by atoms with van der Waals surface area (Å²) in [5.74, 6) is 0.502. The smallest absolute Gasteiger partial charge is 0.244 e. The molecule has 2 aromatic rings. The molecule has 0 atom stereocenters. The molecule has 30 heavy (non-hydrogen) atoms. The van der Waals surface area contributed by atoms with E-state index in [0.717, 1.165) is 57.5 Å². The predicted octanol–water partition coefficient (Wildman–Crippen LogP) is 1.55. The Kier molecular flexibility index (Phi) is 8.14. The Bertz CT molecular complexity index is 817. The molecule has 2 aliphatic rings. The molecule has 1 aromatic carbocycles. The summed E-state index contributed by atoms with van der Waals surface area (Å²) < 4.78 is 0. The average Bonchev–Trinajstić information content (AvgIpc) is 3.33. The van der Waals surface area contributed by atoms with Crippen LogP contribution in [0.5, 0.6) is 0 Å². The van der Waals surface area contributed by atoms with E-state index in [4.69, 9.17) is 5.73 Å². The van der Waals surface area contributed by atoms with Crippen LogP contribution in [0.25, 0.3) is 0 Å². The van der Waals surface area contributed by atoms with Gasteiger partial charge in [-0.15, -0.1) is 35.3 Å². The zero-order valence-electron chi connectivity index (χ0n) is 16.9. The van der Waals surface area contributed by atoms with Crippen LogP contribution >= 0.6 is 35.3 Å². The molecule has 0 spiro atoms. The van der Waals surface area contributed by atoms with E-state index in [-0.39, 0.29) is 36.4 Å². The molecule has 2 N–H and O–H groups in total. The Morgan fingerprint density at radius 2 is 1.60 bits per heavy atom. The number of aromatic nitrogens is 1. The third kappa shape index (κ3) is 5.54. The molecule has 4 rings (SSSR count). The second-order valence-electron chi connectivity index (χ2n) is 7.17. The number of carbonyl (C=O) groups excluding carboxylic acids is 1. The minimum atomic E-state index is 0. The first kappa shape index (κ1) is 22.6. The van der Waals surface area contributed by atoms with Crippen molar-refractivity contribution in [3.63, 3.8) is 0 Å². The summed E-state index contributed by atoms with van der Waals surface area (Å²) in [5, 5.41) is 3.04. The highest BCUT2D eigenvalue weighted by Crippen LogP contribution is 2.19. The first-order valence-corrected chi connectivity index (χ1v) is 10.9. The average molecular weight is 541 g/mol. The highest BCUT2D eigenvalue weighted by atomic mass is 127. The van der Waals surface area contributed by atoms with Gasteiger partial charge in [-0.3, -0.25) is 4.79 Å². The molecule has 2 aliphatic heterocycles. The van der Waals surface area contributed by atoms with Crippen LogP contribution in [0.2, 0.25) is 0 Å². The Morgan fingerprint density at radius 3 is 2.23 bits per heavy atom. The van der Waals surface area contributed by atoms with Gasteiger partial charge in [0.25, 0.3) is 0 Å². The van der Waals surface area contributed by atoms with Crippen LogP contribution in [-0.4, -0.2) is 85.6 Å². The zero-order chi connectivity index (χ0) is 20.1. The van der Waals surface area contributed by atoms with Gasteiger partial charge in [0.1, 0.15) is 6.54 Å². The molecule has 1 amide bonds. The van der Waals surface area contributed by atoms with Gasteiger partial charge in [0.05, 0.1) is 0 Å². The topological polar surface area (TPSA) is 81.3 Å². The Morgan fingerprint density at radius 1 is 0.967 bits per heavy atom. The maximum absolute atomic E-state index is 12.5. The monoisotopic (exact) mass is 541 g/mol. The highest BCUT2D eigenvalue weighted by Gasteiger charge is 2.22. The molecule has 0 aliphatic carbocycles. The van der Waals surface area contributed by atoms with Crippen molar-refractivity contribution in [2.45, 2.75) is 0 Å². The maximum Gasteiger partial charge on any atom is 0.244 e. The van der Waals surface area contributed by atoms with Crippen LogP contribution in [0.4, 0.5) is 10.8 Å². The lowest BCUT2D eigenvalue weighted by Crippen LogP contribution is -2.52. The normalized spacial score (nSPS) is 17.7. The van der Waals surface area contributed by atoms with Crippen LogP contribution in [0.15, 0.2) is 46.9 Å². The molecule has 3 heterocycles. The van der Waals surface area contributed by atoms with Crippen molar-refractivity contribution in [1.82, 2.24) is 14.8 Å². The summed E-state index contributed by atoms with van der Waals surface area (Å²) in [6.07, 6.45) is 1.83. The lowest BCUT2D eigenvalue weighted by atomic mass is 10.2. The minimum Gasteiger partial charge on any atom is -0.370 e. The van der Waals surface area contributed by atoms with E-state index in [1.54, 1.807) is 11.3 Å². The number of nitrogens with two attached hydrogens (primary N) is 1. The van der Waals surface area contributed by atoms with Crippen LogP contribution in [0, 0.1) is 0 Å². The molecule has 0 unspecified atom stereocenters. The SMILES string of the molecule is I.NC(=NCC(=O)N1CCN(c2ccccc2)CC1)N1CCN(c2nccs2)CC1. The third-order valence-corrected chi connectivity index (χ3v) is 6.26. The third-order valence-electron chi connectivity index (χ3n) is 5.42. The molecular formula is C20H28IN7OS. The van der Waals surface area contributed by atoms with E-state index in [9.17, 15) is 4.79 Å². The number of benzene rings is 1. The molecule has 10 heteroatoms. The van der Waals surface area contributed by atoms with Gasteiger partial charge in [0.2, 0.25) is 5.91 Å². The van der Waals surface area contributed by atoms with E-state index in [1.165, 1.54) is 5.69 Å². The molecule has 8 nitrogen and oxygen atoms in total. The number of thiazole rings is 1. The fraction of sp³-hybridized carbons (Fsp3) is 0.450. The summed E-state index contributed by atoms with van der Waals surface area (Å²) in [7, 11) is 0. The van der Waals surface area contributed by atoms with Gasteiger partial charge in [0, 0.05) is 69.6 Å². The number of amides is 1. The van der Waals surface area contributed by atoms with Gasteiger partial charge >= 0.3 is 0 Å². The fourth-order valence-electron chi connectivity index (χ4n) is 3.70. The van der Waals surface area contributed by atoms with Crippen molar-refractivity contribution in [3.8, 4) is 0 Å². The Hall–Kier alpha value is -2.08. The van der Waals surface area contributed by atoms with Crippen molar-refractivity contribution in [1.29, 1.82) is 0 Å². The van der Waals surface area contributed by atoms with E-state index < -0.39 is 0 Å². The number of carbonyl (C=O) groups is 1. The fourth-order valence-corrected chi connectivity index (χ4v) is 4.40. The highest BCUT2D eigenvalue weighted by molar-refractivity contribution is 14.0. The predicted molar refractivity (Wildman–Crippen MR) is 133 cm³/mol. The quantitative estimate of drug-likeness (QED) is 0.360. The lowest BCUT2D eigenvalue weighted by Gasteiger charge is -2.36. The van der Waals surface area contributed by atoms with Crippen molar-refractivity contribution in [3.05, 3.63) is 41.9 Å². The summed E-state index contributed by atoms with van der Waals surface area (Å²) in [6, 6.07) is 10.3. The molecule has 162 valence electrons. The first-order valence-electron chi connectivity index (χ1n) is 9.98. The van der Waals surface area contributed by atoms with Gasteiger partial charge in [0.15, 0.2) is 11.1 Å². The van der Waals surface area contributed by atoms with E-state index in [1.807, 2.05) is 39.6 Å². The number of guanidine groups is 1. The number of hydrogen-bond donors (Lipinski definition) is 1. The van der Waals surface area contributed by atoms with E-state index in [2.05, 4.69) is 31.9 Å². The largest absolute Gasteiger partial charge is 0.370 e. The van der Waals surface area contributed by atoms with Gasteiger partial charge in [-0.1, -0.05) is 18.2 Å². The van der Waals surface area contributed by atoms with Crippen LogP contribution in [0.3, 0.4) is 0 Å². The molecular weight excluding hydrogens is 513 g/mol. The van der Waals surface area contributed by atoms with Gasteiger partial charge < -0.3 is 25.3 Å². The van der Waals surface area contributed by atoms with Crippen molar-refractivity contribution in [2.24, 2.45) is 10.7 Å². The Labute approximate surface area is 198 Å². The second-order valence-corrected chi connectivity index (χ2v) is 8.04. The Balaban J connectivity index is 0.00000256. The lowest BCUT2D eigenvalue weighted by molar-refractivity contribution is -0.129. The molecule has 0 bridgehead atoms. The van der Waals surface area contributed by atoms with Crippen LogP contribution in [-0.2, 0) is 4.79 Å².